The molecular formula is C11H18N2O. The molecular weight excluding hydrogens is 176 g/mol. The molecule has 0 aliphatic carbocycles. The minimum Gasteiger partial charge on any atom is -0.369 e. The fourth-order valence-electron chi connectivity index (χ4n) is 1.63. The summed E-state index contributed by atoms with van der Waals surface area (Å²) < 4.78 is 0. The van der Waals surface area contributed by atoms with Gasteiger partial charge in [0.05, 0.1) is 5.92 Å². The molecule has 0 spiro atoms. The predicted molar refractivity (Wildman–Crippen MR) is 57.7 cm³/mol. The van der Waals surface area contributed by atoms with Crippen molar-refractivity contribution in [3.63, 3.8) is 0 Å². The summed E-state index contributed by atoms with van der Waals surface area (Å²) in [7, 11) is 0. The Hall–Kier alpha value is -1.09. The number of carbonyl (C=O) groups is 1. The number of primary amides is 1. The van der Waals surface area contributed by atoms with Gasteiger partial charge in [-0.05, 0) is 19.9 Å². The molecule has 1 fully saturated rings. The molecule has 1 heterocycles. The van der Waals surface area contributed by atoms with Crippen LogP contribution in [0.4, 0.5) is 0 Å². The number of nitrogens with two attached hydrogens (primary N) is 1. The third-order valence-electron chi connectivity index (χ3n) is 2.48. The highest BCUT2D eigenvalue weighted by Gasteiger charge is 2.25. The van der Waals surface area contributed by atoms with Gasteiger partial charge in [0.2, 0.25) is 5.91 Å². The van der Waals surface area contributed by atoms with Gasteiger partial charge in [-0.3, -0.25) is 9.69 Å². The van der Waals surface area contributed by atoms with Gasteiger partial charge < -0.3 is 5.73 Å². The van der Waals surface area contributed by atoms with Gasteiger partial charge in [-0.25, -0.2) is 0 Å². The fourth-order valence-corrected chi connectivity index (χ4v) is 1.63. The number of allylic oxidation sites excluding steroid dienone is 3. The molecule has 1 aliphatic heterocycles. The summed E-state index contributed by atoms with van der Waals surface area (Å²) in [6.07, 6.45) is 9.03. The second-order valence-corrected chi connectivity index (χ2v) is 3.60. The maximum Gasteiger partial charge on any atom is 0.221 e. The average Bonchev–Trinajstić information content (AvgIpc) is 2.61. The van der Waals surface area contributed by atoms with Crippen molar-refractivity contribution in [3.8, 4) is 0 Å². The molecule has 0 radical (unpaired) electrons. The van der Waals surface area contributed by atoms with Crippen LogP contribution < -0.4 is 5.73 Å². The van der Waals surface area contributed by atoms with E-state index in [2.05, 4.69) is 11.0 Å². The number of rotatable bonds is 4. The topological polar surface area (TPSA) is 46.3 Å². The average molecular weight is 194 g/mol. The van der Waals surface area contributed by atoms with Gasteiger partial charge in [0.25, 0.3) is 0 Å². The lowest BCUT2D eigenvalue weighted by molar-refractivity contribution is -0.121. The molecule has 1 saturated heterocycles. The first kappa shape index (κ1) is 11.0. The first-order chi connectivity index (χ1) is 6.74. The smallest absolute Gasteiger partial charge is 0.221 e. The zero-order chi connectivity index (χ0) is 10.4. The van der Waals surface area contributed by atoms with Crippen LogP contribution >= 0.6 is 0 Å². The van der Waals surface area contributed by atoms with Crippen molar-refractivity contribution in [3.05, 3.63) is 24.3 Å². The van der Waals surface area contributed by atoms with Gasteiger partial charge in [-0.1, -0.05) is 24.3 Å². The van der Waals surface area contributed by atoms with Crippen molar-refractivity contribution in [2.75, 3.05) is 19.6 Å². The minimum absolute atomic E-state index is 0.0603. The molecule has 3 nitrogen and oxygen atoms in total. The molecule has 1 atom stereocenters. The molecule has 14 heavy (non-hydrogen) atoms. The first-order valence-electron chi connectivity index (χ1n) is 5.03. The Balaban J connectivity index is 2.25. The van der Waals surface area contributed by atoms with E-state index in [-0.39, 0.29) is 11.8 Å². The highest BCUT2D eigenvalue weighted by molar-refractivity contribution is 5.77. The molecule has 1 rings (SSSR count). The molecule has 1 unspecified atom stereocenters. The van der Waals surface area contributed by atoms with Crippen LogP contribution in [0.2, 0.25) is 0 Å². The molecule has 2 N–H and O–H groups in total. The van der Waals surface area contributed by atoms with Crippen LogP contribution in [0.1, 0.15) is 13.3 Å². The predicted octanol–water partition coefficient (Wildman–Crippen LogP) is 0.926. The maximum atomic E-state index is 10.9. The van der Waals surface area contributed by atoms with E-state index in [1.807, 2.05) is 25.2 Å². The second kappa shape index (κ2) is 5.60. The van der Waals surface area contributed by atoms with Crippen molar-refractivity contribution in [1.82, 2.24) is 4.90 Å². The van der Waals surface area contributed by atoms with E-state index >= 15 is 0 Å². The molecule has 0 aromatic heterocycles. The van der Waals surface area contributed by atoms with Crippen LogP contribution in [0.3, 0.4) is 0 Å². The summed E-state index contributed by atoms with van der Waals surface area (Å²) in [6.45, 7) is 4.70. The van der Waals surface area contributed by atoms with E-state index in [0.29, 0.717) is 0 Å². The van der Waals surface area contributed by atoms with Gasteiger partial charge in [-0.2, -0.15) is 0 Å². The van der Waals surface area contributed by atoms with Crippen molar-refractivity contribution >= 4 is 5.91 Å². The third-order valence-corrected chi connectivity index (χ3v) is 2.48. The molecule has 1 amide bonds. The first-order valence-corrected chi connectivity index (χ1v) is 5.03. The monoisotopic (exact) mass is 194 g/mol. The summed E-state index contributed by atoms with van der Waals surface area (Å²) in [6, 6.07) is 0. The van der Waals surface area contributed by atoms with Crippen LogP contribution in [0.15, 0.2) is 24.3 Å². The summed E-state index contributed by atoms with van der Waals surface area (Å²) in [5, 5.41) is 0. The zero-order valence-electron chi connectivity index (χ0n) is 8.65. The van der Waals surface area contributed by atoms with Crippen molar-refractivity contribution in [2.45, 2.75) is 13.3 Å². The number of hydrogen-bond donors (Lipinski definition) is 1. The van der Waals surface area contributed by atoms with E-state index in [1.54, 1.807) is 0 Å². The third kappa shape index (κ3) is 3.34. The summed E-state index contributed by atoms with van der Waals surface area (Å²) in [5.74, 6) is -0.102. The SMILES string of the molecule is C/C=C/C=C/CN1CCC(C(N)=O)C1. The molecule has 0 aromatic rings. The van der Waals surface area contributed by atoms with Crippen LogP contribution in [-0.2, 0) is 4.79 Å². The standard InChI is InChI=1S/C11H18N2O/c1-2-3-4-5-7-13-8-6-10(9-13)11(12)14/h2-5,10H,6-9H2,1H3,(H2,12,14)/b3-2+,5-4+. The largest absolute Gasteiger partial charge is 0.369 e. The zero-order valence-corrected chi connectivity index (χ0v) is 8.65. The van der Waals surface area contributed by atoms with E-state index in [1.165, 1.54) is 0 Å². The van der Waals surface area contributed by atoms with Crippen LogP contribution in [-0.4, -0.2) is 30.4 Å². The Bertz CT molecular complexity index is 246. The van der Waals surface area contributed by atoms with Crippen LogP contribution in [0.5, 0.6) is 0 Å². The summed E-state index contributed by atoms with van der Waals surface area (Å²) in [5.41, 5.74) is 5.24. The number of nitrogens with zero attached hydrogens (tertiary/aromatic N) is 1. The second-order valence-electron chi connectivity index (χ2n) is 3.60. The van der Waals surface area contributed by atoms with Crippen molar-refractivity contribution in [1.29, 1.82) is 0 Å². The quantitative estimate of drug-likeness (QED) is 0.677. The highest BCUT2D eigenvalue weighted by Crippen LogP contribution is 2.14. The van der Waals surface area contributed by atoms with Crippen LogP contribution in [0, 0.1) is 5.92 Å². The van der Waals surface area contributed by atoms with E-state index in [4.69, 9.17) is 5.73 Å². The van der Waals surface area contributed by atoms with E-state index in [0.717, 1.165) is 26.1 Å². The molecule has 0 bridgehead atoms. The Morgan fingerprint density at radius 3 is 2.93 bits per heavy atom. The van der Waals surface area contributed by atoms with Gasteiger partial charge in [0, 0.05) is 13.1 Å². The van der Waals surface area contributed by atoms with E-state index < -0.39 is 0 Å². The lowest BCUT2D eigenvalue weighted by Crippen LogP contribution is -2.27. The Kier molecular flexibility index (Phi) is 4.40. The number of amides is 1. The van der Waals surface area contributed by atoms with E-state index in [9.17, 15) is 4.79 Å². The fraction of sp³-hybridized carbons (Fsp3) is 0.545. The minimum atomic E-state index is -0.162. The normalized spacial score (nSPS) is 23.9. The maximum absolute atomic E-state index is 10.9. The molecule has 1 aliphatic rings. The van der Waals surface area contributed by atoms with Gasteiger partial charge >= 0.3 is 0 Å². The highest BCUT2D eigenvalue weighted by atomic mass is 16.1. The Labute approximate surface area is 85.3 Å². The number of carbonyl (C=O) groups excluding carboxylic acids is 1. The van der Waals surface area contributed by atoms with Gasteiger partial charge in [0.15, 0.2) is 0 Å². The molecule has 3 heteroatoms. The van der Waals surface area contributed by atoms with Gasteiger partial charge in [-0.15, -0.1) is 0 Å². The molecule has 0 saturated carbocycles. The van der Waals surface area contributed by atoms with Crippen LogP contribution in [0.25, 0.3) is 0 Å². The number of likely N-dealkylation sites (tertiary alicyclic amines) is 1. The van der Waals surface area contributed by atoms with Crippen molar-refractivity contribution in [2.24, 2.45) is 11.7 Å². The van der Waals surface area contributed by atoms with Crippen molar-refractivity contribution < 1.29 is 4.79 Å². The Morgan fingerprint density at radius 1 is 1.57 bits per heavy atom. The summed E-state index contributed by atoms with van der Waals surface area (Å²) in [4.78, 5) is 13.1. The molecule has 78 valence electrons. The lowest BCUT2D eigenvalue weighted by atomic mass is 10.1. The van der Waals surface area contributed by atoms with Gasteiger partial charge in [0.1, 0.15) is 0 Å². The Morgan fingerprint density at radius 2 is 2.36 bits per heavy atom. The molecule has 0 aromatic carbocycles. The lowest BCUT2D eigenvalue weighted by Gasteiger charge is -2.11. The number of hydrogen-bond acceptors (Lipinski definition) is 2. The summed E-state index contributed by atoms with van der Waals surface area (Å²) >= 11 is 0.